The van der Waals surface area contributed by atoms with Crippen LogP contribution in [0.1, 0.15) is 68.8 Å². The van der Waals surface area contributed by atoms with Gasteiger partial charge in [-0.05, 0) is 92.8 Å². The number of amides is 1. The van der Waals surface area contributed by atoms with Gasteiger partial charge in [0.05, 0.1) is 17.4 Å². The van der Waals surface area contributed by atoms with Crippen molar-refractivity contribution < 1.29 is 64.4 Å². The molecule has 16 nitrogen and oxygen atoms in total. The van der Waals surface area contributed by atoms with Crippen molar-refractivity contribution in [1.82, 2.24) is 5.32 Å². The summed E-state index contributed by atoms with van der Waals surface area (Å²) in [4.78, 5) is 44.7. The molecule has 1 saturated carbocycles. The van der Waals surface area contributed by atoms with Crippen LogP contribution < -0.4 is 20.4 Å². The third-order valence-electron chi connectivity index (χ3n) is 14.4. The molecule has 3 aromatic carbocycles. The number of nitrogens with zero attached hydrogens (tertiary/aromatic N) is 1. The Labute approximate surface area is 368 Å². The second-order valence-electron chi connectivity index (χ2n) is 18.6. The van der Waals surface area contributed by atoms with E-state index in [-0.39, 0.29) is 35.2 Å². The minimum Gasteiger partial charge on any atom is -0.508 e. The summed E-state index contributed by atoms with van der Waals surface area (Å²) in [5.74, 6) is 0.852. The zero-order chi connectivity index (χ0) is 45.1. The maximum atomic E-state index is 13.6. The molecule has 16 heteroatoms. The fourth-order valence-corrected chi connectivity index (χ4v) is 10.7. The molecule has 2 fully saturated rings. The number of quaternary nitrogens is 1. The maximum Gasteiger partial charge on any atom is 0.226 e. The van der Waals surface area contributed by atoms with E-state index in [9.17, 15) is 45.3 Å². The van der Waals surface area contributed by atoms with Gasteiger partial charge in [-0.25, -0.2) is 9.78 Å². The lowest BCUT2D eigenvalue weighted by atomic mass is 9.65. The van der Waals surface area contributed by atoms with Gasteiger partial charge in [0.15, 0.2) is 11.2 Å². The van der Waals surface area contributed by atoms with Crippen LogP contribution in [0.25, 0.3) is 21.7 Å². The van der Waals surface area contributed by atoms with E-state index in [0.29, 0.717) is 76.0 Å². The number of phenols is 2. The average Bonchev–Trinajstić information content (AvgIpc) is 3.97. The first-order valence-corrected chi connectivity index (χ1v) is 22.1. The number of ether oxygens (including phenoxy) is 1. The lowest BCUT2D eigenvalue weighted by Gasteiger charge is -2.44. The van der Waals surface area contributed by atoms with Crippen LogP contribution in [0.5, 0.6) is 17.2 Å². The highest BCUT2D eigenvalue weighted by Gasteiger charge is 2.53. The summed E-state index contributed by atoms with van der Waals surface area (Å²) >= 11 is 0. The number of aliphatic imine (C=N–C) groups is 1. The van der Waals surface area contributed by atoms with Gasteiger partial charge in [0.25, 0.3) is 0 Å². The number of aliphatic hydroxyl groups excluding tert-OH is 4. The van der Waals surface area contributed by atoms with E-state index in [1.807, 2.05) is 19.2 Å². The van der Waals surface area contributed by atoms with Crippen molar-refractivity contribution >= 4 is 39.6 Å². The number of aryl methyl sites for hydroxylation is 1. The van der Waals surface area contributed by atoms with Gasteiger partial charge in [-0.1, -0.05) is 25.3 Å². The van der Waals surface area contributed by atoms with Gasteiger partial charge in [0, 0.05) is 48.2 Å². The molecule has 0 radical (unpaired) electrons. The Bertz CT molecular complexity index is 2630. The Morgan fingerprint density at radius 3 is 2.59 bits per heavy atom. The highest BCUT2D eigenvalue weighted by Crippen LogP contribution is 2.50. The predicted octanol–water partition coefficient (Wildman–Crippen LogP) is 2.58. The lowest BCUT2D eigenvalue weighted by Crippen LogP contribution is -3.01. The molecule has 1 aliphatic carbocycles. The van der Waals surface area contributed by atoms with E-state index >= 15 is 0 Å². The second-order valence-corrected chi connectivity index (χ2v) is 18.6. The molecule has 8 unspecified atom stereocenters. The monoisotopic (exact) mass is 882 g/mol. The van der Waals surface area contributed by atoms with Crippen molar-refractivity contribution in [2.24, 2.45) is 16.3 Å². The third-order valence-corrected chi connectivity index (χ3v) is 14.4. The van der Waals surface area contributed by atoms with Gasteiger partial charge >= 0.3 is 0 Å². The molecule has 64 heavy (non-hydrogen) atoms. The van der Waals surface area contributed by atoms with Crippen molar-refractivity contribution in [3.05, 3.63) is 93.1 Å². The first kappa shape index (κ1) is 44.1. The van der Waals surface area contributed by atoms with Crippen LogP contribution >= 0.6 is 0 Å². The average molecular weight is 883 g/mol. The molecule has 1 aromatic heterocycles. The van der Waals surface area contributed by atoms with E-state index in [0.717, 1.165) is 48.3 Å². The number of aromatic hydroxyl groups is 2. The summed E-state index contributed by atoms with van der Waals surface area (Å²) < 4.78 is 13.5. The van der Waals surface area contributed by atoms with Crippen molar-refractivity contribution in [3.8, 4) is 17.2 Å². The number of phenolic OH excluding ortho intramolecular Hbond substituents is 2. The SMILES string of the molecule is Cc1cc(=O)c2cc3c(c([NH+]4C=C5N=CC=C5C4)c2o1)OC(C)(CCC1CNC(=O)C12CCCCC2)C(OOCC(O)(Cc1ccc(O)c2ccc(O)cc12)C(O)C(O)C(O)CO)C3. The molecule has 340 valence electrons. The summed E-state index contributed by atoms with van der Waals surface area (Å²) in [5.41, 5.74) is -0.408. The normalized spacial score (nSPS) is 25.9. The maximum absolute atomic E-state index is 13.6. The number of benzene rings is 3. The molecule has 0 bridgehead atoms. The fourth-order valence-electron chi connectivity index (χ4n) is 10.7. The molecule has 9 rings (SSSR count). The number of nitrogens with one attached hydrogen (secondary N) is 2. The molecule has 4 aromatic rings. The van der Waals surface area contributed by atoms with Crippen LogP contribution in [0.4, 0.5) is 5.69 Å². The smallest absolute Gasteiger partial charge is 0.226 e. The second kappa shape index (κ2) is 17.0. The summed E-state index contributed by atoms with van der Waals surface area (Å²) in [5, 5.41) is 79.9. The minimum absolute atomic E-state index is 0.0257. The zero-order valence-corrected chi connectivity index (χ0v) is 35.9. The molecule has 9 N–H and O–H groups in total. The molecule has 4 aliphatic heterocycles. The summed E-state index contributed by atoms with van der Waals surface area (Å²) in [6.45, 7) is 3.00. The number of aliphatic hydroxyl groups is 5. The number of hydrogen-bond donors (Lipinski definition) is 9. The van der Waals surface area contributed by atoms with E-state index < -0.39 is 60.7 Å². The van der Waals surface area contributed by atoms with Crippen LogP contribution in [0.15, 0.2) is 80.2 Å². The molecule has 1 spiro atoms. The number of fused-ring (bicyclic) bond motifs is 4. The minimum atomic E-state index is -2.40. The van der Waals surface area contributed by atoms with Crippen molar-refractivity contribution in [2.45, 2.75) is 107 Å². The zero-order valence-electron chi connectivity index (χ0n) is 35.9. The number of carbonyl (C=O) groups is 1. The Balaban J connectivity index is 1.08. The topological polar surface area (TPSA) is 245 Å². The van der Waals surface area contributed by atoms with Crippen LogP contribution in [0.2, 0.25) is 0 Å². The number of hydrogen-bond acceptors (Lipinski definition) is 14. The van der Waals surface area contributed by atoms with Crippen molar-refractivity contribution in [3.63, 3.8) is 0 Å². The number of carbonyl (C=O) groups excluding carboxylic acids is 1. The quantitative estimate of drug-likeness (QED) is 0.0654. The van der Waals surface area contributed by atoms with Gasteiger partial charge in [-0.15, -0.1) is 0 Å². The number of rotatable bonds is 14. The third kappa shape index (κ3) is 7.79. The van der Waals surface area contributed by atoms with E-state index in [1.165, 1.54) is 36.4 Å². The highest BCUT2D eigenvalue weighted by molar-refractivity contribution is 5.92. The van der Waals surface area contributed by atoms with E-state index in [2.05, 4.69) is 10.3 Å². The Kier molecular flexibility index (Phi) is 11.7. The molecule has 8 atom stereocenters. The predicted molar refractivity (Wildman–Crippen MR) is 233 cm³/mol. The highest BCUT2D eigenvalue weighted by atomic mass is 17.2. The van der Waals surface area contributed by atoms with Crippen LogP contribution in [0.3, 0.4) is 0 Å². The largest absolute Gasteiger partial charge is 0.508 e. The van der Waals surface area contributed by atoms with Crippen LogP contribution in [-0.2, 0) is 27.4 Å². The van der Waals surface area contributed by atoms with Gasteiger partial charge in [0.1, 0.15) is 77.9 Å². The summed E-state index contributed by atoms with van der Waals surface area (Å²) in [6, 6.07) is 10.3. The van der Waals surface area contributed by atoms with Gasteiger partial charge < -0.3 is 50.2 Å². The van der Waals surface area contributed by atoms with Gasteiger partial charge in [0.2, 0.25) is 17.2 Å². The van der Waals surface area contributed by atoms with Crippen LogP contribution in [0, 0.1) is 18.3 Å². The molecular weight excluding hydrogens is 827 g/mol. The van der Waals surface area contributed by atoms with E-state index in [1.54, 1.807) is 19.2 Å². The lowest BCUT2D eigenvalue weighted by molar-refractivity contribution is -0.763. The van der Waals surface area contributed by atoms with Crippen molar-refractivity contribution in [2.75, 3.05) is 26.3 Å². The van der Waals surface area contributed by atoms with Crippen molar-refractivity contribution in [1.29, 1.82) is 0 Å². The standard InChI is InChI=1S/C48H55N3O13/c1-26-16-37(55)34-17-29-18-39(64-61-25-48(60,44(58)41(57)38(56)24-52)20-27-6-9-36(54)32-8-7-31(53)19-33(27)32)46(2,14-10-30-21-50-45(59)47(30)12-4-3-5-13-47)63-42(29)40(43(34)62-26)51-22-28-11-15-49-35(28)23-51/h6-9,11,15-17,19,23,30,38-39,41,44,52-54,56-58,60H,3-5,10,12-14,18,20-22,24-25H2,1-2H3,(H,50,59)/p+1. The van der Waals surface area contributed by atoms with Gasteiger partial charge in [-0.2, -0.15) is 0 Å². The van der Waals surface area contributed by atoms with E-state index in [4.69, 9.17) is 18.9 Å². The molecular formula is C48H56N3O13+. The molecule has 1 saturated heterocycles. The fraction of sp³-hybridized carbons (Fsp3) is 0.479. The summed E-state index contributed by atoms with van der Waals surface area (Å²) in [6.07, 6.45) is 4.17. The first-order chi connectivity index (χ1) is 30.6. The molecule has 5 heterocycles. The summed E-state index contributed by atoms with van der Waals surface area (Å²) in [7, 11) is 0. The first-order valence-electron chi connectivity index (χ1n) is 22.1. The Morgan fingerprint density at radius 1 is 1.03 bits per heavy atom. The Morgan fingerprint density at radius 2 is 1.83 bits per heavy atom. The Hall–Kier alpha value is -5.17. The number of allylic oxidation sites excluding steroid dienone is 1. The van der Waals surface area contributed by atoms with Crippen LogP contribution in [-0.4, -0.2) is 110 Å². The van der Waals surface area contributed by atoms with Gasteiger partial charge in [-0.3, -0.25) is 19.5 Å². The molecule has 5 aliphatic rings. The molecule has 1 amide bonds.